The molecule has 1 atom stereocenters. The highest BCUT2D eigenvalue weighted by molar-refractivity contribution is 6.34. The Morgan fingerprint density at radius 2 is 1.88 bits per heavy atom. The lowest BCUT2D eigenvalue weighted by atomic mass is 9.97. The maximum Gasteiger partial charge on any atom is 0.180 e. The first-order chi connectivity index (χ1) is 7.47. The van der Waals surface area contributed by atoms with Crippen LogP contribution < -0.4 is 4.74 Å². The summed E-state index contributed by atoms with van der Waals surface area (Å²) in [6.45, 7) is 8.06. The number of hydrogen-bond donors (Lipinski definition) is 0. The minimum Gasteiger partial charge on any atom is -0.494 e. The first-order valence-corrected chi connectivity index (χ1v) is 5.83. The SMILES string of the molecule is CCOc1cc(C)c(C(=O)C(C)Cl)c(C)c1. The maximum atomic E-state index is 11.9. The van der Waals surface area contributed by atoms with E-state index in [1.54, 1.807) is 6.92 Å². The van der Waals surface area contributed by atoms with Gasteiger partial charge in [0.15, 0.2) is 5.78 Å². The lowest BCUT2D eigenvalue weighted by Gasteiger charge is -2.13. The van der Waals surface area contributed by atoms with Crippen molar-refractivity contribution in [2.75, 3.05) is 6.61 Å². The molecule has 3 heteroatoms. The van der Waals surface area contributed by atoms with Gasteiger partial charge in [-0.25, -0.2) is 0 Å². The predicted octanol–water partition coefficient (Wildman–Crippen LogP) is 3.51. The first-order valence-electron chi connectivity index (χ1n) is 5.39. The molecular weight excluding hydrogens is 224 g/mol. The Morgan fingerprint density at radius 1 is 1.38 bits per heavy atom. The summed E-state index contributed by atoms with van der Waals surface area (Å²) in [6, 6.07) is 3.76. The van der Waals surface area contributed by atoms with E-state index in [1.165, 1.54) is 0 Å². The maximum absolute atomic E-state index is 11.9. The zero-order valence-electron chi connectivity index (χ0n) is 10.1. The summed E-state index contributed by atoms with van der Waals surface area (Å²) in [6.07, 6.45) is 0. The first kappa shape index (κ1) is 13.0. The fourth-order valence-electron chi connectivity index (χ4n) is 1.76. The van der Waals surface area contributed by atoms with Crippen LogP contribution in [0, 0.1) is 13.8 Å². The zero-order chi connectivity index (χ0) is 12.3. The van der Waals surface area contributed by atoms with Gasteiger partial charge in [-0.2, -0.15) is 0 Å². The van der Waals surface area contributed by atoms with E-state index in [2.05, 4.69) is 0 Å². The van der Waals surface area contributed by atoms with E-state index in [0.29, 0.717) is 12.2 Å². The van der Waals surface area contributed by atoms with Gasteiger partial charge >= 0.3 is 0 Å². The number of aryl methyl sites for hydroxylation is 2. The number of rotatable bonds is 4. The van der Waals surface area contributed by atoms with Gasteiger partial charge in [0.1, 0.15) is 5.75 Å². The van der Waals surface area contributed by atoms with Crippen molar-refractivity contribution >= 4 is 17.4 Å². The van der Waals surface area contributed by atoms with E-state index in [-0.39, 0.29) is 5.78 Å². The van der Waals surface area contributed by atoms with Crippen molar-refractivity contribution in [2.45, 2.75) is 33.1 Å². The number of benzene rings is 1. The fourth-order valence-corrected chi connectivity index (χ4v) is 1.87. The van der Waals surface area contributed by atoms with Gasteiger partial charge in [0, 0.05) is 5.56 Å². The summed E-state index contributed by atoms with van der Waals surface area (Å²) in [4.78, 5) is 11.9. The molecule has 0 saturated carbocycles. The van der Waals surface area contributed by atoms with Crippen LogP contribution in [0.25, 0.3) is 0 Å². The number of carbonyl (C=O) groups is 1. The number of Topliss-reactive ketones (excluding diaryl/α,β-unsaturated/α-hetero) is 1. The highest BCUT2D eigenvalue weighted by atomic mass is 35.5. The highest BCUT2D eigenvalue weighted by Gasteiger charge is 2.17. The van der Waals surface area contributed by atoms with Crippen LogP contribution in [-0.2, 0) is 0 Å². The molecule has 0 N–H and O–H groups in total. The molecule has 0 radical (unpaired) electrons. The predicted molar refractivity (Wildman–Crippen MR) is 66.7 cm³/mol. The molecule has 0 aliphatic carbocycles. The lowest BCUT2D eigenvalue weighted by molar-refractivity contribution is 0.0990. The van der Waals surface area contributed by atoms with Gasteiger partial charge in [0.25, 0.3) is 0 Å². The van der Waals surface area contributed by atoms with Crippen LogP contribution in [0.15, 0.2) is 12.1 Å². The quantitative estimate of drug-likeness (QED) is 0.595. The van der Waals surface area contributed by atoms with Crippen molar-refractivity contribution < 1.29 is 9.53 Å². The standard InChI is InChI=1S/C13H17ClO2/c1-5-16-11-6-8(2)12(9(3)7-11)13(15)10(4)14/h6-7,10H,5H2,1-4H3. The third-order valence-corrected chi connectivity index (χ3v) is 2.62. The molecule has 88 valence electrons. The van der Waals surface area contributed by atoms with Crippen molar-refractivity contribution in [3.63, 3.8) is 0 Å². The van der Waals surface area contributed by atoms with Crippen molar-refractivity contribution in [1.29, 1.82) is 0 Å². The van der Waals surface area contributed by atoms with Crippen LogP contribution in [0.4, 0.5) is 0 Å². The van der Waals surface area contributed by atoms with Crippen molar-refractivity contribution in [3.05, 3.63) is 28.8 Å². The molecule has 0 amide bonds. The van der Waals surface area contributed by atoms with Crippen LogP contribution in [0.1, 0.15) is 35.3 Å². The molecule has 16 heavy (non-hydrogen) atoms. The van der Waals surface area contributed by atoms with Crippen molar-refractivity contribution in [3.8, 4) is 5.75 Å². The Labute approximate surface area is 102 Å². The van der Waals surface area contributed by atoms with E-state index >= 15 is 0 Å². The Hall–Kier alpha value is -1.02. The van der Waals surface area contributed by atoms with E-state index in [4.69, 9.17) is 16.3 Å². The molecule has 0 aliphatic heterocycles. The van der Waals surface area contributed by atoms with E-state index in [0.717, 1.165) is 16.9 Å². The third-order valence-electron chi connectivity index (χ3n) is 2.42. The molecule has 0 heterocycles. The largest absolute Gasteiger partial charge is 0.494 e. The number of carbonyl (C=O) groups excluding carboxylic acids is 1. The second-order valence-corrected chi connectivity index (χ2v) is 4.50. The number of halogens is 1. The van der Waals surface area contributed by atoms with E-state index < -0.39 is 5.38 Å². The van der Waals surface area contributed by atoms with Gasteiger partial charge in [-0.15, -0.1) is 11.6 Å². The number of ether oxygens (including phenoxy) is 1. The molecule has 2 nitrogen and oxygen atoms in total. The van der Waals surface area contributed by atoms with E-state index in [1.807, 2.05) is 32.9 Å². The number of alkyl halides is 1. The molecule has 0 aromatic heterocycles. The Bertz CT molecular complexity index is 374. The van der Waals surface area contributed by atoms with Gasteiger partial charge in [0.05, 0.1) is 12.0 Å². The Morgan fingerprint density at radius 3 is 2.25 bits per heavy atom. The summed E-state index contributed by atoms with van der Waals surface area (Å²) in [5, 5.41) is -0.490. The van der Waals surface area contributed by atoms with Gasteiger partial charge in [-0.1, -0.05) is 0 Å². The van der Waals surface area contributed by atoms with Crippen LogP contribution in [0.5, 0.6) is 5.75 Å². The molecule has 1 unspecified atom stereocenters. The van der Waals surface area contributed by atoms with Gasteiger partial charge in [0.2, 0.25) is 0 Å². The molecule has 0 bridgehead atoms. The summed E-state index contributed by atoms with van der Waals surface area (Å²) in [7, 11) is 0. The highest BCUT2D eigenvalue weighted by Crippen LogP contribution is 2.24. The molecule has 0 aliphatic rings. The topological polar surface area (TPSA) is 26.3 Å². The smallest absolute Gasteiger partial charge is 0.180 e. The molecule has 1 aromatic rings. The van der Waals surface area contributed by atoms with E-state index in [9.17, 15) is 4.79 Å². The normalized spacial score (nSPS) is 12.3. The monoisotopic (exact) mass is 240 g/mol. The van der Waals surface area contributed by atoms with Gasteiger partial charge < -0.3 is 4.74 Å². The molecule has 1 rings (SSSR count). The minimum atomic E-state index is -0.490. The van der Waals surface area contributed by atoms with Gasteiger partial charge in [-0.05, 0) is 51.0 Å². The second-order valence-electron chi connectivity index (χ2n) is 3.85. The average molecular weight is 241 g/mol. The summed E-state index contributed by atoms with van der Waals surface area (Å²) in [5.74, 6) is 0.774. The molecule has 0 spiro atoms. The van der Waals surface area contributed by atoms with Gasteiger partial charge in [-0.3, -0.25) is 4.79 Å². The lowest BCUT2D eigenvalue weighted by Crippen LogP contribution is -2.14. The summed E-state index contributed by atoms with van der Waals surface area (Å²) < 4.78 is 5.42. The second kappa shape index (κ2) is 5.35. The number of hydrogen-bond acceptors (Lipinski definition) is 2. The molecule has 0 saturated heterocycles. The Balaban J connectivity index is 3.17. The average Bonchev–Trinajstić information content (AvgIpc) is 2.16. The van der Waals surface area contributed by atoms with Crippen molar-refractivity contribution in [2.24, 2.45) is 0 Å². The third kappa shape index (κ3) is 2.76. The molecular formula is C13H17ClO2. The fraction of sp³-hybridized carbons (Fsp3) is 0.462. The minimum absolute atomic E-state index is 0.0280. The summed E-state index contributed by atoms with van der Waals surface area (Å²) in [5.41, 5.74) is 2.55. The van der Waals surface area contributed by atoms with Crippen LogP contribution >= 0.6 is 11.6 Å². The zero-order valence-corrected chi connectivity index (χ0v) is 10.9. The molecule has 0 fully saturated rings. The van der Waals surface area contributed by atoms with Crippen LogP contribution in [0.3, 0.4) is 0 Å². The number of ketones is 1. The molecule has 1 aromatic carbocycles. The van der Waals surface area contributed by atoms with Crippen LogP contribution in [-0.4, -0.2) is 17.8 Å². The van der Waals surface area contributed by atoms with Crippen molar-refractivity contribution in [1.82, 2.24) is 0 Å². The Kier molecular flexibility index (Phi) is 4.36. The summed E-state index contributed by atoms with van der Waals surface area (Å²) >= 11 is 5.83. The van der Waals surface area contributed by atoms with Crippen LogP contribution in [0.2, 0.25) is 0 Å².